The molecule has 1 heterocycles. The predicted octanol–water partition coefficient (Wildman–Crippen LogP) is 1.67. The van der Waals surface area contributed by atoms with E-state index in [0.717, 1.165) is 31.5 Å². The number of hydrogen-bond acceptors (Lipinski definition) is 3. The maximum Gasteiger partial charge on any atom is 0.224 e. The van der Waals surface area contributed by atoms with E-state index in [9.17, 15) is 4.79 Å². The largest absolute Gasteiger partial charge is 0.371 e. The van der Waals surface area contributed by atoms with Crippen LogP contribution in [0.1, 0.15) is 31.4 Å². The summed E-state index contributed by atoms with van der Waals surface area (Å²) in [5, 5.41) is 2.75. The van der Waals surface area contributed by atoms with Gasteiger partial charge in [0.05, 0.1) is 5.92 Å². The summed E-state index contributed by atoms with van der Waals surface area (Å²) in [6.45, 7) is 3.81. The second-order valence-corrected chi connectivity index (χ2v) is 5.28. The van der Waals surface area contributed by atoms with Gasteiger partial charge in [0, 0.05) is 31.9 Å². The van der Waals surface area contributed by atoms with Gasteiger partial charge in [0.15, 0.2) is 0 Å². The number of carbonyl (C=O) groups excluding carboxylic acids is 1. The van der Waals surface area contributed by atoms with Gasteiger partial charge in [-0.1, -0.05) is 12.1 Å². The molecule has 4 heteroatoms. The Balaban J connectivity index is 2.06. The molecule has 1 saturated heterocycles. The third kappa shape index (κ3) is 3.26. The lowest BCUT2D eigenvalue weighted by molar-refractivity contribution is -0.124. The molecule has 19 heavy (non-hydrogen) atoms. The van der Waals surface area contributed by atoms with Crippen molar-refractivity contribution in [1.29, 1.82) is 0 Å². The summed E-state index contributed by atoms with van der Waals surface area (Å²) in [4.78, 5) is 14.0. The Morgan fingerprint density at radius 3 is 2.68 bits per heavy atom. The van der Waals surface area contributed by atoms with Crippen molar-refractivity contribution in [3.8, 4) is 0 Å². The summed E-state index contributed by atoms with van der Waals surface area (Å²) in [6, 6.07) is 8.41. The van der Waals surface area contributed by atoms with Crippen LogP contribution in [-0.2, 0) is 4.79 Å². The van der Waals surface area contributed by atoms with E-state index >= 15 is 0 Å². The third-order valence-corrected chi connectivity index (χ3v) is 3.82. The fraction of sp³-hybridized carbons (Fsp3) is 0.533. The standard InChI is InChI=1S/C15H23N3O/c1-11(16)12-5-7-14(8-6-12)18-9-3-4-13(10-18)15(19)17-2/h5-8,11,13H,3-4,9-10,16H2,1-2H3,(H,17,19)/t11-,13?/m0/s1. The third-order valence-electron chi connectivity index (χ3n) is 3.82. The zero-order chi connectivity index (χ0) is 13.8. The first-order valence-corrected chi connectivity index (χ1v) is 6.94. The van der Waals surface area contributed by atoms with E-state index in [2.05, 4.69) is 34.5 Å². The number of hydrogen-bond donors (Lipinski definition) is 2. The average Bonchev–Trinajstić information content (AvgIpc) is 2.46. The van der Waals surface area contributed by atoms with Crippen molar-refractivity contribution < 1.29 is 4.79 Å². The highest BCUT2D eigenvalue weighted by molar-refractivity contribution is 5.79. The van der Waals surface area contributed by atoms with Crippen LogP contribution >= 0.6 is 0 Å². The van der Waals surface area contributed by atoms with Crippen LogP contribution in [0.2, 0.25) is 0 Å². The van der Waals surface area contributed by atoms with Gasteiger partial charge in [0.1, 0.15) is 0 Å². The minimum absolute atomic E-state index is 0.0639. The zero-order valence-corrected chi connectivity index (χ0v) is 11.7. The molecule has 1 unspecified atom stereocenters. The topological polar surface area (TPSA) is 58.4 Å². The van der Waals surface area contributed by atoms with Gasteiger partial charge >= 0.3 is 0 Å². The maximum atomic E-state index is 11.7. The number of piperidine rings is 1. The van der Waals surface area contributed by atoms with Gasteiger partial charge in [0.25, 0.3) is 0 Å². The van der Waals surface area contributed by atoms with Crippen molar-refractivity contribution in [2.45, 2.75) is 25.8 Å². The number of anilines is 1. The van der Waals surface area contributed by atoms with Crippen LogP contribution in [0.3, 0.4) is 0 Å². The molecule has 3 N–H and O–H groups in total. The molecule has 1 amide bonds. The Morgan fingerprint density at radius 2 is 2.11 bits per heavy atom. The molecule has 2 atom stereocenters. The van der Waals surface area contributed by atoms with Crippen molar-refractivity contribution in [2.24, 2.45) is 11.7 Å². The van der Waals surface area contributed by atoms with Gasteiger partial charge in [-0.3, -0.25) is 4.79 Å². The normalized spacial score (nSPS) is 21.0. The highest BCUT2D eigenvalue weighted by atomic mass is 16.1. The van der Waals surface area contributed by atoms with Crippen LogP contribution in [0.25, 0.3) is 0 Å². The van der Waals surface area contributed by atoms with Gasteiger partial charge < -0.3 is 16.0 Å². The van der Waals surface area contributed by atoms with Crippen molar-refractivity contribution in [1.82, 2.24) is 5.32 Å². The number of rotatable bonds is 3. The molecular weight excluding hydrogens is 238 g/mol. The molecule has 1 aliphatic heterocycles. The molecule has 1 aromatic carbocycles. The summed E-state index contributed by atoms with van der Waals surface area (Å²) in [7, 11) is 1.71. The Hall–Kier alpha value is -1.55. The van der Waals surface area contributed by atoms with Gasteiger partial charge in [-0.25, -0.2) is 0 Å². The second-order valence-electron chi connectivity index (χ2n) is 5.28. The molecule has 0 aromatic heterocycles. The summed E-state index contributed by atoms with van der Waals surface area (Å²) < 4.78 is 0. The summed E-state index contributed by atoms with van der Waals surface area (Å²) in [6.07, 6.45) is 2.04. The molecule has 104 valence electrons. The lowest BCUT2D eigenvalue weighted by Crippen LogP contribution is -2.42. The number of benzene rings is 1. The van der Waals surface area contributed by atoms with Crippen LogP contribution < -0.4 is 16.0 Å². The van der Waals surface area contributed by atoms with Gasteiger partial charge in [0.2, 0.25) is 5.91 Å². The van der Waals surface area contributed by atoms with E-state index in [4.69, 9.17) is 5.73 Å². The average molecular weight is 261 g/mol. The number of amides is 1. The fourth-order valence-electron chi connectivity index (χ4n) is 2.62. The number of carbonyl (C=O) groups is 1. The first-order valence-electron chi connectivity index (χ1n) is 6.94. The predicted molar refractivity (Wildman–Crippen MR) is 78.0 cm³/mol. The quantitative estimate of drug-likeness (QED) is 0.870. The highest BCUT2D eigenvalue weighted by Crippen LogP contribution is 2.24. The van der Waals surface area contributed by atoms with Crippen molar-refractivity contribution in [3.05, 3.63) is 29.8 Å². The SMILES string of the molecule is CNC(=O)C1CCCN(c2ccc([C@H](C)N)cc2)C1. The molecule has 0 bridgehead atoms. The van der Waals surface area contributed by atoms with Crippen LogP contribution in [0.15, 0.2) is 24.3 Å². The van der Waals surface area contributed by atoms with E-state index in [1.807, 2.05) is 6.92 Å². The Labute approximate surface area is 115 Å². The lowest BCUT2D eigenvalue weighted by atomic mass is 9.96. The second kappa shape index (κ2) is 6.06. The van der Waals surface area contributed by atoms with E-state index in [1.165, 1.54) is 5.69 Å². The van der Waals surface area contributed by atoms with E-state index in [1.54, 1.807) is 7.05 Å². The van der Waals surface area contributed by atoms with Crippen molar-refractivity contribution >= 4 is 11.6 Å². The summed E-state index contributed by atoms with van der Waals surface area (Å²) >= 11 is 0. The molecule has 0 saturated carbocycles. The lowest BCUT2D eigenvalue weighted by Gasteiger charge is -2.33. The number of nitrogens with one attached hydrogen (secondary N) is 1. The summed E-state index contributed by atoms with van der Waals surface area (Å²) in [5.41, 5.74) is 8.18. The molecule has 1 aromatic rings. The van der Waals surface area contributed by atoms with Gasteiger partial charge in [-0.15, -0.1) is 0 Å². The molecule has 2 rings (SSSR count). The molecule has 0 aliphatic carbocycles. The van der Waals surface area contributed by atoms with E-state index < -0.39 is 0 Å². The van der Waals surface area contributed by atoms with Gasteiger partial charge in [-0.05, 0) is 37.5 Å². The minimum atomic E-state index is 0.0639. The smallest absolute Gasteiger partial charge is 0.224 e. The highest BCUT2D eigenvalue weighted by Gasteiger charge is 2.25. The molecule has 0 spiro atoms. The molecule has 1 fully saturated rings. The maximum absolute atomic E-state index is 11.7. The van der Waals surface area contributed by atoms with Crippen LogP contribution in [0.4, 0.5) is 5.69 Å². The van der Waals surface area contributed by atoms with Crippen LogP contribution in [0, 0.1) is 5.92 Å². The molecular formula is C15H23N3O. The number of nitrogens with two attached hydrogens (primary N) is 1. The van der Waals surface area contributed by atoms with Crippen molar-refractivity contribution in [3.63, 3.8) is 0 Å². The van der Waals surface area contributed by atoms with E-state index in [0.29, 0.717) is 0 Å². The van der Waals surface area contributed by atoms with Gasteiger partial charge in [-0.2, -0.15) is 0 Å². The molecule has 0 radical (unpaired) electrons. The number of nitrogens with zero attached hydrogens (tertiary/aromatic N) is 1. The molecule has 1 aliphatic rings. The molecule has 4 nitrogen and oxygen atoms in total. The summed E-state index contributed by atoms with van der Waals surface area (Å²) in [5.74, 6) is 0.253. The van der Waals surface area contributed by atoms with E-state index in [-0.39, 0.29) is 17.9 Å². The van der Waals surface area contributed by atoms with Crippen LogP contribution in [0.5, 0.6) is 0 Å². The van der Waals surface area contributed by atoms with Crippen LogP contribution in [-0.4, -0.2) is 26.0 Å². The zero-order valence-electron chi connectivity index (χ0n) is 11.7. The Kier molecular flexibility index (Phi) is 4.43. The Morgan fingerprint density at radius 1 is 1.42 bits per heavy atom. The Bertz CT molecular complexity index is 428. The minimum Gasteiger partial charge on any atom is -0.371 e. The first-order chi connectivity index (χ1) is 9.11. The van der Waals surface area contributed by atoms with Crippen molar-refractivity contribution in [2.75, 3.05) is 25.0 Å². The fourth-order valence-corrected chi connectivity index (χ4v) is 2.62. The first kappa shape index (κ1) is 13.9. The monoisotopic (exact) mass is 261 g/mol.